The lowest BCUT2D eigenvalue weighted by Crippen LogP contribution is -2.39. The Balaban J connectivity index is 1.71. The molecule has 1 aliphatic rings. The summed E-state index contributed by atoms with van der Waals surface area (Å²) < 4.78 is 13.9. The monoisotopic (exact) mass is 332 g/mol. The van der Waals surface area contributed by atoms with Gasteiger partial charge in [-0.15, -0.1) is 11.3 Å². The predicted molar refractivity (Wildman–Crippen MR) is 85.8 cm³/mol. The second-order valence-electron chi connectivity index (χ2n) is 5.56. The first-order chi connectivity index (χ1) is 11.2. The third-order valence-corrected chi connectivity index (χ3v) is 4.69. The standard InChI is InChI=1S/C15H17FN6S/c1-21(15-13(7-17)18-2-3-20-15)9-12-6-11(16)8-22(12)10-14-19-4-5-23-14/h2-5,11-12H,6,8-10H2,1H3/t11-,12-/m0/s1. The zero-order valence-electron chi connectivity index (χ0n) is 12.8. The third kappa shape index (κ3) is 3.63. The van der Waals surface area contributed by atoms with Gasteiger partial charge in [-0.25, -0.2) is 19.3 Å². The van der Waals surface area contributed by atoms with E-state index in [4.69, 9.17) is 5.26 Å². The zero-order chi connectivity index (χ0) is 16.2. The molecule has 8 heteroatoms. The fourth-order valence-corrected chi connectivity index (χ4v) is 3.54. The van der Waals surface area contributed by atoms with Crippen LogP contribution in [0.4, 0.5) is 10.2 Å². The van der Waals surface area contributed by atoms with Crippen molar-refractivity contribution < 1.29 is 4.39 Å². The van der Waals surface area contributed by atoms with Gasteiger partial charge in [0.15, 0.2) is 11.5 Å². The molecule has 0 amide bonds. The van der Waals surface area contributed by atoms with Gasteiger partial charge in [0.2, 0.25) is 0 Å². The van der Waals surface area contributed by atoms with E-state index in [0.29, 0.717) is 31.9 Å². The number of hydrogen-bond donors (Lipinski definition) is 0. The first kappa shape index (κ1) is 15.8. The van der Waals surface area contributed by atoms with E-state index in [0.717, 1.165) is 5.01 Å². The zero-order valence-corrected chi connectivity index (χ0v) is 13.6. The smallest absolute Gasteiger partial charge is 0.183 e. The molecule has 0 saturated carbocycles. The fraction of sp³-hybridized carbons (Fsp3) is 0.467. The number of hydrogen-bond acceptors (Lipinski definition) is 7. The van der Waals surface area contributed by atoms with Gasteiger partial charge in [0.25, 0.3) is 0 Å². The maximum absolute atomic E-state index is 13.9. The SMILES string of the molecule is CN(C[C@@H]1C[C@H](F)CN1Cc1nccs1)c1nccnc1C#N. The fourth-order valence-electron chi connectivity index (χ4n) is 2.90. The summed E-state index contributed by atoms with van der Waals surface area (Å²) in [5.74, 6) is 0.534. The van der Waals surface area contributed by atoms with E-state index in [-0.39, 0.29) is 11.7 Å². The van der Waals surface area contributed by atoms with Crippen molar-refractivity contribution in [1.29, 1.82) is 5.26 Å². The Morgan fingerprint density at radius 2 is 2.22 bits per heavy atom. The van der Waals surface area contributed by atoms with E-state index >= 15 is 0 Å². The predicted octanol–water partition coefficient (Wildman–Crippen LogP) is 1.85. The van der Waals surface area contributed by atoms with Crippen LogP contribution in [0.25, 0.3) is 0 Å². The van der Waals surface area contributed by atoms with Crippen LogP contribution >= 0.6 is 11.3 Å². The molecule has 23 heavy (non-hydrogen) atoms. The Hall–Kier alpha value is -2.11. The highest BCUT2D eigenvalue weighted by Gasteiger charge is 2.33. The van der Waals surface area contributed by atoms with Gasteiger partial charge in [-0.3, -0.25) is 4.90 Å². The van der Waals surface area contributed by atoms with Gasteiger partial charge in [0, 0.05) is 50.1 Å². The minimum atomic E-state index is -0.828. The Bertz CT molecular complexity index is 686. The molecule has 3 heterocycles. The maximum atomic E-state index is 13.9. The van der Waals surface area contributed by atoms with Crippen molar-refractivity contribution in [1.82, 2.24) is 19.9 Å². The second kappa shape index (κ2) is 6.98. The van der Waals surface area contributed by atoms with E-state index < -0.39 is 6.17 Å². The minimum Gasteiger partial charge on any atom is -0.356 e. The van der Waals surface area contributed by atoms with Crippen molar-refractivity contribution in [2.75, 3.05) is 25.0 Å². The number of nitrogens with zero attached hydrogens (tertiary/aromatic N) is 6. The van der Waals surface area contributed by atoms with Crippen molar-refractivity contribution in [3.63, 3.8) is 0 Å². The molecule has 1 fully saturated rings. The summed E-state index contributed by atoms with van der Waals surface area (Å²) in [5.41, 5.74) is 0.288. The Kier molecular flexibility index (Phi) is 4.79. The van der Waals surface area contributed by atoms with Crippen LogP contribution in [0.2, 0.25) is 0 Å². The molecule has 1 aliphatic heterocycles. The number of thiazole rings is 1. The number of halogens is 1. The average Bonchev–Trinajstić information content (AvgIpc) is 3.17. The van der Waals surface area contributed by atoms with Crippen molar-refractivity contribution in [3.05, 3.63) is 34.7 Å². The molecule has 3 rings (SSSR count). The second-order valence-corrected chi connectivity index (χ2v) is 6.54. The molecule has 0 radical (unpaired) electrons. The molecule has 2 aromatic heterocycles. The van der Waals surface area contributed by atoms with Crippen molar-refractivity contribution in [2.24, 2.45) is 0 Å². The Morgan fingerprint density at radius 1 is 1.39 bits per heavy atom. The van der Waals surface area contributed by atoms with Crippen LogP contribution in [0.5, 0.6) is 0 Å². The highest BCUT2D eigenvalue weighted by molar-refractivity contribution is 7.09. The van der Waals surface area contributed by atoms with Crippen LogP contribution in [0.15, 0.2) is 24.0 Å². The van der Waals surface area contributed by atoms with E-state index in [1.165, 1.54) is 6.20 Å². The lowest BCUT2D eigenvalue weighted by Gasteiger charge is -2.28. The van der Waals surface area contributed by atoms with Crippen LogP contribution in [0, 0.1) is 11.3 Å². The summed E-state index contributed by atoms with van der Waals surface area (Å²) in [5, 5.41) is 12.1. The van der Waals surface area contributed by atoms with Gasteiger partial charge in [-0.05, 0) is 6.42 Å². The number of nitriles is 1. The van der Waals surface area contributed by atoms with E-state index in [1.807, 2.05) is 23.4 Å². The lowest BCUT2D eigenvalue weighted by molar-refractivity contribution is 0.237. The molecule has 2 atom stereocenters. The molecule has 0 unspecified atom stereocenters. The third-order valence-electron chi connectivity index (χ3n) is 3.93. The molecule has 0 spiro atoms. The minimum absolute atomic E-state index is 0.0625. The first-order valence-electron chi connectivity index (χ1n) is 7.36. The van der Waals surface area contributed by atoms with Gasteiger partial charge in [0.05, 0.1) is 6.54 Å². The van der Waals surface area contributed by atoms with E-state index in [2.05, 4.69) is 19.9 Å². The van der Waals surface area contributed by atoms with Crippen LogP contribution in [-0.4, -0.2) is 52.2 Å². The highest BCUT2D eigenvalue weighted by Crippen LogP contribution is 2.25. The molecule has 0 N–H and O–H groups in total. The Morgan fingerprint density at radius 3 is 2.96 bits per heavy atom. The van der Waals surface area contributed by atoms with Crippen molar-refractivity contribution >= 4 is 17.2 Å². The van der Waals surface area contributed by atoms with Gasteiger partial charge >= 0.3 is 0 Å². The molecule has 6 nitrogen and oxygen atoms in total. The van der Waals surface area contributed by atoms with E-state index in [1.54, 1.807) is 23.7 Å². The lowest BCUT2D eigenvalue weighted by atomic mass is 10.2. The normalized spacial score (nSPS) is 21.3. The number of aromatic nitrogens is 3. The highest BCUT2D eigenvalue weighted by atomic mass is 32.1. The van der Waals surface area contributed by atoms with Crippen LogP contribution in [-0.2, 0) is 6.54 Å². The number of likely N-dealkylation sites (tertiary alicyclic amines) is 1. The maximum Gasteiger partial charge on any atom is 0.183 e. The molecule has 0 aliphatic carbocycles. The summed E-state index contributed by atoms with van der Waals surface area (Å²) in [6.07, 6.45) is 4.48. The molecule has 2 aromatic rings. The average molecular weight is 332 g/mol. The number of alkyl halides is 1. The summed E-state index contributed by atoms with van der Waals surface area (Å²) >= 11 is 1.58. The largest absolute Gasteiger partial charge is 0.356 e. The molecular formula is C15H17FN6S. The quantitative estimate of drug-likeness (QED) is 0.832. The molecule has 0 aromatic carbocycles. The molecule has 120 valence electrons. The topological polar surface area (TPSA) is 68.9 Å². The molecular weight excluding hydrogens is 315 g/mol. The van der Waals surface area contributed by atoms with Crippen LogP contribution < -0.4 is 4.90 Å². The number of anilines is 1. The van der Waals surface area contributed by atoms with E-state index in [9.17, 15) is 4.39 Å². The van der Waals surface area contributed by atoms with Crippen molar-refractivity contribution in [2.45, 2.75) is 25.2 Å². The van der Waals surface area contributed by atoms with Gasteiger partial charge in [0.1, 0.15) is 17.2 Å². The summed E-state index contributed by atoms with van der Waals surface area (Å²) in [7, 11) is 1.86. The van der Waals surface area contributed by atoms with Crippen LogP contribution in [0.1, 0.15) is 17.1 Å². The first-order valence-corrected chi connectivity index (χ1v) is 8.24. The van der Waals surface area contributed by atoms with Gasteiger partial charge in [-0.2, -0.15) is 5.26 Å². The summed E-state index contributed by atoms with van der Waals surface area (Å²) in [6, 6.07) is 2.11. The van der Waals surface area contributed by atoms with Crippen LogP contribution in [0.3, 0.4) is 0 Å². The summed E-state index contributed by atoms with van der Waals surface area (Å²) in [4.78, 5) is 16.5. The number of likely N-dealkylation sites (N-methyl/N-ethyl adjacent to an activating group) is 1. The van der Waals surface area contributed by atoms with Crippen molar-refractivity contribution in [3.8, 4) is 6.07 Å². The van der Waals surface area contributed by atoms with Gasteiger partial charge < -0.3 is 4.90 Å². The number of rotatable bonds is 5. The Labute approximate surface area is 138 Å². The molecule has 1 saturated heterocycles. The molecule has 0 bridgehead atoms. The van der Waals surface area contributed by atoms with Gasteiger partial charge in [-0.1, -0.05) is 0 Å². The summed E-state index contributed by atoms with van der Waals surface area (Å²) in [6.45, 7) is 1.67.